The maximum atomic E-state index is 12.6. The molecule has 1 aromatic carbocycles. The molecule has 0 aromatic heterocycles. The first-order valence-corrected chi connectivity index (χ1v) is 8.13. The van der Waals surface area contributed by atoms with Crippen molar-refractivity contribution >= 4 is 17.6 Å². The minimum absolute atomic E-state index is 0.0244. The average molecular weight is 332 g/mol. The lowest BCUT2D eigenvalue weighted by atomic mass is 9.96. The van der Waals surface area contributed by atoms with Crippen LogP contribution in [0.25, 0.3) is 0 Å². The summed E-state index contributed by atoms with van der Waals surface area (Å²) < 4.78 is 5.30. The minimum atomic E-state index is -0.154. The van der Waals surface area contributed by atoms with E-state index in [4.69, 9.17) is 4.74 Å². The molecule has 1 aliphatic rings. The smallest absolute Gasteiger partial charge is 0.227 e. The standard InChI is InChI=1S/C18H24N2O4/c1-12(21)13-6-7-16(24-3)15(9-13)10-17(22)20-8-4-5-14(11-20)18(23)19-2/h6-7,9,14H,4-5,8,10-11H2,1-3H3,(H,19,23)/t14-/m1/s1. The van der Waals surface area contributed by atoms with E-state index in [2.05, 4.69) is 5.32 Å². The highest BCUT2D eigenvalue weighted by Gasteiger charge is 2.28. The number of amides is 2. The Labute approximate surface area is 142 Å². The lowest BCUT2D eigenvalue weighted by Gasteiger charge is -2.32. The van der Waals surface area contributed by atoms with Crippen LogP contribution in [0.2, 0.25) is 0 Å². The van der Waals surface area contributed by atoms with Crippen LogP contribution in [0.4, 0.5) is 0 Å². The number of piperidine rings is 1. The zero-order valence-corrected chi connectivity index (χ0v) is 14.4. The lowest BCUT2D eigenvalue weighted by Crippen LogP contribution is -2.45. The zero-order chi connectivity index (χ0) is 17.7. The van der Waals surface area contributed by atoms with Crippen LogP contribution in [0.5, 0.6) is 5.75 Å². The number of likely N-dealkylation sites (tertiary alicyclic amines) is 1. The van der Waals surface area contributed by atoms with Gasteiger partial charge in [0.15, 0.2) is 5.78 Å². The van der Waals surface area contributed by atoms with Gasteiger partial charge in [-0.15, -0.1) is 0 Å². The Hall–Kier alpha value is -2.37. The van der Waals surface area contributed by atoms with Crippen molar-refractivity contribution in [1.82, 2.24) is 10.2 Å². The first kappa shape index (κ1) is 18.0. The van der Waals surface area contributed by atoms with Gasteiger partial charge in [-0.3, -0.25) is 14.4 Å². The van der Waals surface area contributed by atoms with Crippen molar-refractivity contribution in [3.8, 4) is 5.75 Å². The van der Waals surface area contributed by atoms with Crippen LogP contribution < -0.4 is 10.1 Å². The third-order valence-corrected chi connectivity index (χ3v) is 4.42. The minimum Gasteiger partial charge on any atom is -0.496 e. The van der Waals surface area contributed by atoms with Crippen LogP contribution in [0.15, 0.2) is 18.2 Å². The highest BCUT2D eigenvalue weighted by Crippen LogP contribution is 2.23. The molecular formula is C18H24N2O4. The summed E-state index contributed by atoms with van der Waals surface area (Å²) in [4.78, 5) is 37.7. The van der Waals surface area contributed by atoms with Gasteiger partial charge in [0.05, 0.1) is 19.4 Å². The molecule has 6 nitrogen and oxygen atoms in total. The summed E-state index contributed by atoms with van der Waals surface area (Å²) in [6.07, 6.45) is 1.77. The van der Waals surface area contributed by atoms with E-state index >= 15 is 0 Å². The Balaban J connectivity index is 2.12. The number of rotatable bonds is 5. The molecular weight excluding hydrogens is 308 g/mol. The summed E-state index contributed by atoms with van der Waals surface area (Å²) in [5.41, 5.74) is 1.25. The molecule has 6 heteroatoms. The maximum absolute atomic E-state index is 12.6. The van der Waals surface area contributed by atoms with E-state index in [1.54, 1.807) is 37.3 Å². The number of nitrogens with one attached hydrogen (secondary N) is 1. The number of Topliss-reactive ketones (excluding diaryl/α,β-unsaturated/α-hetero) is 1. The van der Waals surface area contributed by atoms with Crippen molar-refractivity contribution in [2.24, 2.45) is 5.92 Å². The van der Waals surface area contributed by atoms with E-state index in [0.29, 0.717) is 30.0 Å². The zero-order valence-electron chi connectivity index (χ0n) is 14.4. The Morgan fingerprint density at radius 1 is 1.33 bits per heavy atom. The monoisotopic (exact) mass is 332 g/mol. The van der Waals surface area contributed by atoms with E-state index in [0.717, 1.165) is 12.8 Å². The normalized spacial score (nSPS) is 17.3. The van der Waals surface area contributed by atoms with Crippen molar-refractivity contribution in [2.75, 3.05) is 27.2 Å². The number of benzene rings is 1. The first-order valence-electron chi connectivity index (χ1n) is 8.13. The van der Waals surface area contributed by atoms with E-state index in [-0.39, 0.29) is 29.9 Å². The van der Waals surface area contributed by atoms with Crippen molar-refractivity contribution in [1.29, 1.82) is 0 Å². The van der Waals surface area contributed by atoms with E-state index < -0.39 is 0 Å². The van der Waals surface area contributed by atoms with E-state index in [1.165, 1.54) is 6.92 Å². The molecule has 2 amide bonds. The largest absolute Gasteiger partial charge is 0.496 e. The van der Waals surface area contributed by atoms with Crippen LogP contribution in [0.1, 0.15) is 35.7 Å². The Morgan fingerprint density at radius 2 is 2.08 bits per heavy atom. The predicted molar refractivity (Wildman–Crippen MR) is 90.1 cm³/mol. The SMILES string of the molecule is CNC(=O)[C@@H]1CCCN(C(=O)Cc2cc(C(C)=O)ccc2OC)C1. The number of hydrogen-bond donors (Lipinski definition) is 1. The number of methoxy groups -OCH3 is 1. The quantitative estimate of drug-likeness (QED) is 0.828. The molecule has 1 N–H and O–H groups in total. The molecule has 0 radical (unpaired) electrons. The van der Waals surface area contributed by atoms with E-state index in [1.807, 2.05) is 0 Å². The molecule has 0 aliphatic carbocycles. The molecule has 0 bridgehead atoms. The second-order valence-corrected chi connectivity index (χ2v) is 6.05. The third kappa shape index (κ3) is 4.13. The molecule has 0 saturated carbocycles. The lowest BCUT2D eigenvalue weighted by molar-refractivity contribution is -0.135. The average Bonchev–Trinajstić information content (AvgIpc) is 2.60. The molecule has 2 rings (SSSR count). The number of carbonyl (C=O) groups is 3. The molecule has 130 valence electrons. The Kier molecular flexibility index (Phi) is 5.95. The second-order valence-electron chi connectivity index (χ2n) is 6.05. The number of ether oxygens (including phenoxy) is 1. The molecule has 24 heavy (non-hydrogen) atoms. The van der Waals surface area contributed by atoms with Gasteiger partial charge in [-0.1, -0.05) is 0 Å². The summed E-state index contributed by atoms with van der Waals surface area (Å²) in [6, 6.07) is 5.11. The second kappa shape index (κ2) is 7.95. The fraction of sp³-hybridized carbons (Fsp3) is 0.500. The van der Waals surface area contributed by atoms with Gasteiger partial charge < -0.3 is 15.0 Å². The van der Waals surface area contributed by atoms with Crippen molar-refractivity contribution in [2.45, 2.75) is 26.2 Å². The molecule has 0 unspecified atom stereocenters. The molecule has 1 atom stereocenters. The number of hydrogen-bond acceptors (Lipinski definition) is 4. The topological polar surface area (TPSA) is 75.7 Å². The molecule has 1 heterocycles. The highest BCUT2D eigenvalue weighted by molar-refractivity contribution is 5.94. The van der Waals surface area contributed by atoms with Gasteiger partial charge in [0.2, 0.25) is 11.8 Å². The Morgan fingerprint density at radius 3 is 2.71 bits per heavy atom. The molecule has 1 fully saturated rings. The van der Waals surface area contributed by atoms with Gasteiger partial charge in [0, 0.05) is 31.3 Å². The van der Waals surface area contributed by atoms with Crippen molar-refractivity contribution < 1.29 is 19.1 Å². The van der Waals surface area contributed by atoms with Crippen molar-refractivity contribution in [3.05, 3.63) is 29.3 Å². The van der Waals surface area contributed by atoms with Gasteiger partial charge in [0.1, 0.15) is 5.75 Å². The van der Waals surface area contributed by atoms with Gasteiger partial charge in [0.25, 0.3) is 0 Å². The summed E-state index contributed by atoms with van der Waals surface area (Å²) in [7, 11) is 3.15. The summed E-state index contributed by atoms with van der Waals surface area (Å²) in [5.74, 6) is 0.307. The van der Waals surface area contributed by atoms with Crippen LogP contribution in [0.3, 0.4) is 0 Å². The predicted octanol–water partition coefficient (Wildman–Crippen LogP) is 1.42. The summed E-state index contributed by atoms with van der Waals surface area (Å²) in [5, 5.41) is 2.65. The summed E-state index contributed by atoms with van der Waals surface area (Å²) >= 11 is 0. The number of nitrogens with zero attached hydrogens (tertiary/aromatic N) is 1. The van der Waals surface area contributed by atoms with Crippen LogP contribution in [0, 0.1) is 5.92 Å². The van der Waals surface area contributed by atoms with Gasteiger partial charge in [-0.05, 0) is 38.0 Å². The maximum Gasteiger partial charge on any atom is 0.227 e. The third-order valence-electron chi connectivity index (χ3n) is 4.42. The van der Waals surface area contributed by atoms with Crippen LogP contribution in [-0.2, 0) is 16.0 Å². The fourth-order valence-electron chi connectivity index (χ4n) is 3.03. The van der Waals surface area contributed by atoms with Crippen LogP contribution >= 0.6 is 0 Å². The van der Waals surface area contributed by atoms with Gasteiger partial charge in [-0.25, -0.2) is 0 Å². The summed E-state index contributed by atoms with van der Waals surface area (Å²) in [6.45, 7) is 2.58. The van der Waals surface area contributed by atoms with Gasteiger partial charge >= 0.3 is 0 Å². The Bertz CT molecular complexity index is 642. The van der Waals surface area contributed by atoms with Crippen LogP contribution in [-0.4, -0.2) is 49.7 Å². The van der Waals surface area contributed by atoms with E-state index in [9.17, 15) is 14.4 Å². The molecule has 1 aromatic rings. The molecule has 1 aliphatic heterocycles. The van der Waals surface area contributed by atoms with Gasteiger partial charge in [-0.2, -0.15) is 0 Å². The fourth-order valence-corrected chi connectivity index (χ4v) is 3.03. The molecule has 0 spiro atoms. The molecule has 1 saturated heterocycles. The van der Waals surface area contributed by atoms with Crippen molar-refractivity contribution in [3.63, 3.8) is 0 Å². The number of ketones is 1. The highest BCUT2D eigenvalue weighted by atomic mass is 16.5. The number of carbonyl (C=O) groups excluding carboxylic acids is 3. The first-order chi connectivity index (χ1) is 11.5.